The van der Waals surface area contributed by atoms with Crippen molar-refractivity contribution in [1.82, 2.24) is 14.8 Å². The zero-order valence-electron chi connectivity index (χ0n) is 10.6. The Hall–Kier alpha value is -1.27. The van der Waals surface area contributed by atoms with Crippen molar-refractivity contribution in [3.05, 3.63) is 34.6 Å². The first kappa shape index (κ1) is 14.1. The van der Waals surface area contributed by atoms with E-state index in [1.807, 2.05) is 18.4 Å². The molecule has 2 aromatic rings. The van der Waals surface area contributed by atoms with Gasteiger partial charge in [-0.25, -0.2) is 4.39 Å². The summed E-state index contributed by atoms with van der Waals surface area (Å²) in [4.78, 5) is 0. The molecule has 0 spiro atoms. The second-order valence-corrected chi connectivity index (χ2v) is 5.71. The third-order valence-electron chi connectivity index (χ3n) is 2.58. The topological polar surface area (TPSA) is 56.7 Å². The van der Waals surface area contributed by atoms with Gasteiger partial charge in [0.25, 0.3) is 0 Å². The summed E-state index contributed by atoms with van der Waals surface area (Å²) in [6.45, 7) is 3.99. The Morgan fingerprint density at radius 2 is 2.16 bits per heavy atom. The summed E-state index contributed by atoms with van der Waals surface area (Å²) >= 11 is 7.11. The fourth-order valence-electron chi connectivity index (χ4n) is 1.65. The Balaban J connectivity index is 2.15. The van der Waals surface area contributed by atoms with Gasteiger partial charge in [0.05, 0.1) is 0 Å². The third-order valence-corrected chi connectivity index (χ3v) is 3.81. The molecule has 7 heteroatoms. The molecule has 1 aromatic carbocycles. The van der Waals surface area contributed by atoms with Crippen molar-refractivity contribution in [3.8, 4) is 0 Å². The van der Waals surface area contributed by atoms with Crippen LogP contribution in [0.25, 0.3) is 0 Å². The van der Waals surface area contributed by atoms with Crippen molar-refractivity contribution >= 4 is 29.3 Å². The van der Waals surface area contributed by atoms with Crippen LogP contribution >= 0.6 is 23.4 Å². The largest absolute Gasteiger partial charge is 0.368 e. The molecule has 2 rings (SSSR count). The first-order valence-corrected chi connectivity index (χ1v) is 7.12. The smallest absolute Gasteiger partial charge is 0.222 e. The van der Waals surface area contributed by atoms with E-state index in [4.69, 9.17) is 17.3 Å². The van der Waals surface area contributed by atoms with Crippen LogP contribution in [0.3, 0.4) is 0 Å². The van der Waals surface area contributed by atoms with Crippen molar-refractivity contribution in [2.75, 3.05) is 5.73 Å². The van der Waals surface area contributed by atoms with Gasteiger partial charge in [-0.05, 0) is 31.5 Å². The van der Waals surface area contributed by atoms with Crippen LogP contribution in [0.5, 0.6) is 0 Å². The number of nitrogen functional groups attached to an aromatic ring is 1. The zero-order chi connectivity index (χ0) is 14.0. The fourth-order valence-corrected chi connectivity index (χ4v) is 2.87. The van der Waals surface area contributed by atoms with Gasteiger partial charge >= 0.3 is 0 Å². The van der Waals surface area contributed by atoms with Gasteiger partial charge in [-0.15, -0.1) is 10.2 Å². The Morgan fingerprint density at radius 1 is 1.42 bits per heavy atom. The first-order chi connectivity index (χ1) is 8.99. The summed E-state index contributed by atoms with van der Waals surface area (Å²) in [6.07, 6.45) is 0. The van der Waals surface area contributed by atoms with E-state index >= 15 is 0 Å². The van der Waals surface area contributed by atoms with Crippen LogP contribution in [-0.4, -0.2) is 14.8 Å². The molecule has 102 valence electrons. The highest BCUT2D eigenvalue weighted by molar-refractivity contribution is 7.98. The predicted molar refractivity (Wildman–Crippen MR) is 75.8 cm³/mol. The monoisotopic (exact) mass is 300 g/mol. The molecule has 0 saturated heterocycles. The van der Waals surface area contributed by atoms with Gasteiger partial charge in [0.2, 0.25) is 5.95 Å². The summed E-state index contributed by atoms with van der Waals surface area (Å²) in [5, 5.41) is 8.92. The van der Waals surface area contributed by atoms with E-state index in [1.165, 1.54) is 17.8 Å². The summed E-state index contributed by atoms with van der Waals surface area (Å²) in [5.74, 6) is 0.506. The number of anilines is 1. The minimum Gasteiger partial charge on any atom is -0.368 e. The van der Waals surface area contributed by atoms with Crippen LogP contribution < -0.4 is 5.73 Å². The number of hydrogen-bond donors (Lipinski definition) is 1. The van der Waals surface area contributed by atoms with Crippen LogP contribution in [0.15, 0.2) is 23.4 Å². The van der Waals surface area contributed by atoms with Crippen molar-refractivity contribution in [2.45, 2.75) is 30.8 Å². The summed E-state index contributed by atoms with van der Waals surface area (Å²) < 4.78 is 15.5. The molecule has 4 nitrogen and oxygen atoms in total. The minimum absolute atomic E-state index is 0.160. The summed E-state index contributed by atoms with van der Waals surface area (Å²) in [7, 11) is 0. The molecular formula is C12H14ClFN4S. The van der Waals surface area contributed by atoms with Crippen LogP contribution in [0, 0.1) is 5.82 Å². The summed E-state index contributed by atoms with van der Waals surface area (Å²) in [5.41, 5.74) is 6.32. The molecule has 0 fully saturated rings. The van der Waals surface area contributed by atoms with Crippen molar-refractivity contribution in [2.24, 2.45) is 0 Å². The third kappa shape index (κ3) is 3.19. The van der Waals surface area contributed by atoms with Crippen molar-refractivity contribution < 1.29 is 4.39 Å². The normalized spacial score (nSPS) is 11.2. The Bertz CT molecular complexity index is 585. The molecule has 0 radical (unpaired) electrons. The maximum atomic E-state index is 13.7. The standard InChI is InChI=1S/C12H14ClFN4S/c1-7(2)18-11(15)16-17-12(18)19-6-8-3-4-9(13)5-10(8)14/h3-5,7H,6H2,1-2H3,(H2,15,16). The van der Waals surface area contributed by atoms with Gasteiger partial charge in [0, 0.05) is 16.8 Å². The Morgan fingerprint density at radius 3 is 2.79 bits per heavy atom. The van der Waals surface area contributed by atoms with E-state index in [0.29, 0.717) is 27.4 Å². The Labute approximate surface area is 120 Å². The quantitative estimate of drug-likeness (QED) is 0.878. The van der Waals surface area contributed by atoms with Crippen LogP contribution in [0.1, 0.15) is 25.5 Å². The van der Waals surface area contributed by atoms with E-state index in [0.717, 1.165) is 0 Å². The SMILES string of the molecule is CC(C)n1c(N)nnc1SCc1ccc(Cl)cc1F. The molecule has 2 N–H and O–H groups in total. The molecule has 0 amide bonds. The maximum Gasteiger partial charge on any atom is 0.222 e. The number of aromatic nitrogens is 3. The number of thioether (sulfide) groups is 1. The Kier molecular flexibility index (Phi) is 4.31. The average molecular weight is 301 g/mol. The van der Waals surface area contributed by atoms with E-state index in [9.17, 15) is 4.39 Å². The molecular weight excluding hydrogens is 287 g/mol. The van der Waals surface area contributed by atoms with E-state index in [-0.39, 0.29) is 11.9 Å². The molecule has 1 heterocycles. The van der Waals surface area contributed by atoms with Crippen LogP contribution in [-0.2, 0) is 5.75 Å². The second kappa shape index (κ2) is 5.79. The fraction of sp³-hybridized carbons (Fsp3) is 0.333. The van der Waals surface area contributed by atoms with Gasteiger partial charge in [0.15, 0.2) is 5.16 Å². The lowest BCUT2D eigenvalue weighted by Gasteiger charge is -2.11. The van der Waals surface area contributed by atoms with E-state index < -0.39 is 0 Å². The molecule has 0 aliphatic rings. The van der Waals surface area contributed by atoms with Crippen molar-refractivity contribution in [3.63, 3.8) is 0 Å². The highest BCUT2D eigenvalue weighted by Crippen LogP contribution is 2.27. The molecule has 19 heavy (non-hydrogen) atoms. The molecule has 0 aliphatic carbocycles. The minimum atomic E-state index is -0.316. The molecule has 0 bridgehead atoms. The molecule has 0 saturated carbocycles. The lowest BCUT2D eigenvalue weighted by Crippen LogP contribution is -2.07. The number of nitrogens with two attached hydrogens (primary N) is 1. The van der Waals surface area contributed by atoms with Crippen LogP contribution in [0.2, 0.25) is 5.02 Å². The van der Waals surface area contributed by atoms with E-state index in [2.05, 4.69) is 10.2 Å². The molecule has 1 aromatic heterocycles. The lowest BCUT2D eigenvalue weighted by atomic mass is 10.2. The van der Waals surface area contributed by atoms with Gasteiger partial charge in [-0.3, -0.25) is 4.57 Å². The molecule has 0 aliphatic heterocycles. The van der Waals surface area contributed by atoms with Gasteiger partial charge in [0.1, 0.15) is 5.82 Å². The number of halogens is 2. The zero-order valence-corrected chi connectivity index (χ0v) is 12.2. The van der Waals surface area contributed by atoms with E-state index in [1.54, 1.807) is 12.1 Å². The maximum absolute atomic E-state index is 13.7. The molecule has 0 unspecified atom stereocenters. The number of hydrogen-bond acceptors (Lipinski definition) is 4. The number of rotatable bonds is 4. The van der Waals surface area contributed by atoms with Gasteiger partial charge < -0.3 is 5.73 Å². The first-order valence-electron chi connectivity index (χ1n) is 5.76. The summed E-state index contributed by atoms with van der Waals surface area (Å²) in [6, 6.07) is 4.80. The van der Waals surface area contributed by atoms with Crippen molar-refractivity contribution in [1.29, 1.82) is 0 Å². The number of benzene rings is 1. The molecule has 0 atom stereocenters. The number of nitrogens with zero attached hydrogens (tertiary/aromatic N) is 3. The average Bonchev–Trinajstić information content (AvgIpc) is 2.69. The lowest BCUT2D eigenvalue weighted by molar-refractivity contribution is 0.557. The second-order valence-electron chi connectivity index (χ2n) is 4.33. The van der Waals surface area contributed by atoms with Gasteiger partial charge in [-0.1, -0.05) is 29.4 Å². The van der Waals surface area contributed by atoms with Crippen LogP contribution in [0.4, 0.5) is 10.3 Å². The highest BCUT2D eigenvalue weighted by Gasteiger charge is 2.13. The highest BCUT2D eigenvalue weighted by atomic mass is 35.5. The van der Waals surface area contributed by atoms with Gasteiger partial charge in [-0.2, -0.15) is 0 Å². The predicted octanol–water partition coefficient (Wildman–Crippen LogP) is 3.53.